The first kappa shape index (κ1) is 10.7. The molecule has 0 unspecified atom stereocenters. The minimum absolute atomic E-state index is 0.272. The third kappa shape index (κ3) is 2.55. The van der Waals surface area contributed by atoms with Crippen LogP contribution in [-0.2, 0) is 5.41 Å². The Morgan fingerprint density at radius 2 is 2.15 bits per heavy atom. The summed E-state index contributed by atoms with van der Waals surface area (Å²) in [6, 6.07) is 2.20. The molecule has 0 aliphatic carbocycles. The average Bonchev–Trinajstić information content (AvgIpc) is 2.48. The second kappa shape index (κ2) is 4.25. The molecule has 0 spiro atoms. The van der Waals surface area contributed by atoms with Crippen LogP contribution in [0.4, 0.5) is 0 Å². The van der Waals surface area contributed by atoms with Crippen LogP contribution in [0.25, 0.3) is 0 Å². The summed E-state index contributed by atoms with van der Waals surface area (Å²) in [5.41, 5.74) is 1.70. The van der Waals surface area contributed by atoms with E-state index in [9.17, 15) is 0 Å². The second-order valence-corrected chi connectivity index (χ2v) is 5.01. The van der Waals surface area contributed by atoms with E-state index in [-0.39, 0.29) is 5.41 Å². The second-order valence-electron chi connectivity index (χ2n) is 4.10. The van der Waals surface area contributed by atoms with Crippen molar-refractivity contribution < 1.29 is 0 Å². The first-order valence-electron chi connectivity index (χ1n) is 4.83. The van der Waals surface area contributed by atoms with Gasteiger partial charge in [0.1, 0.15) is 0 Å². The summed E-state index contributed by atoms with van der Waals surface area (Å²) in [4.78, 5) is 1.51. The Morgan fingerprint density at radius 3 is 2.62 bits per heavy atom. The fourth-order valence-corrected chi connectivity index (χ4v) is 2.64. The van der Waals surface area contributed by atoms with Crippen LogP contribution in [0, 0.1) is 6.92 Å². The Balaban J connectivity index is 2.74. The van der Waals surface area contributed by atoms with E-state index >= 15 is 0 Å². The van der Waals surface area contributed by atoms with Gasteiger partial charge in [0.15, 0.2) is 0 Å². The molecule has 1 aromatic heterocycles. The maximum Gasteiger partial charge on any atom is 0.0143 e. The van der Waals surface area contributed by atoms with Crippen molar-refractivity contribution in [3.8, 4) is 0 Å². The average molecular weight is 197 g/mol. The number of thiophene rings is 1. The first-order chi connectivity index (χ1) is 6.08. The molecule has 1 rings (SSSR count). The lowest BCUT2D eigenvalue weighted by atomic mass is 9.89. The standard InChI is InChI=1S/C11H19NS/c1-5-12-8-11(3,4)10-9(2)6-7-13-10/h6-7,12H,5,8H2,1-4H3. The maximum absolute atomic E-state index is 3.41. The summed E-state index contributed by atoms with van der Waals surface area (Å²) in [5, 5.41) is 5.59. The van der Waals surface area contributed by atoms with Gasteiger partial charge >= 0.3 is 0 Å². The van der Waals surface area contributed by atoms with Crippen LogP contribution < -0.4 is 5.32 Å². The van der Waals surface area contributed by atoms with Crippen LogP contribution in [0.3, 0.4) is 0 Å². The molecule has 0 amide bonds. The molecule has 0 saturated heterocycles. The summed E-state index contributed by atoms with van der Waals surface area (Å²) < 4.78 is 0. The molecule has 1 nitrogen and oxygen atoms in total. The summed E-state index contributed by atoms with van der Waals surface area (Å²) in [7, 11) is 0. The number of likely N-dealkylation sites (N-methyl/N-ethyl adjacent to an activating group) is 1. The van der Waals surface area contributed by atoms with Gasteiger partial charge in [-0.2, -0.15) is 0 Å². The zero-order chi connectivity index (χ0) is 9.90. The van der Waals surface area contributed by atoms with Crippen molar-refractivity contribution in [1.29, 1.82) is 0 Å². The van der Waals surface area contributed by atoms with Gasteiger partial charge in [-0.25, -0.2) is 0 Å². The molecule has 0 atom stereocenters. The van der Waals surface area contributed by atoms with Crippen LogP contribution in [0.15, 0.2) is 11.4 Å². The van der Waals surface area contributed by atoms with Crippen LogP contribution in [0.5, 0.6) is 0 Å². The lowest BCUT2D eigenvalue weighted by Crippen LogP contribution is -2.32. The van der Waals surface area contributed by atoms with Gasteiger partial charge in [0.05, 0.1) is 0 Å². The lowest BCUT2D eigenvalue weighted by molar-refractivity contribution is 0.484. The van der Waals surface area contributed by atoms with Gasteiger partial charge in [-0.3, -0.25) is 0 Å². The molecule has 74 valence electrons. The van der Waals surface area contributed by atoms with Gasteiger partial charge in [-0.1, -0.05) is 20.8 Å². The smallest absolute Gasteiger partial charge is 0.0143 e. The van der Waals surface area contributed by atoms with Crippen molar-refractivity contribution in [3.63, 3.8) is 0 Å². The molecule has 0 bridgehead atoms. The molecular formula is C11H19NS. The zero-order valence-electron chi connectivity index (χ0n) is 8.98. The van der Waals surface area contributed by atoms with Gasteiger partial charge in [-0.15, -0.1) is 11.3 Å². The number of hydrogen-bond acceptors (Lipinski definition) is 2. The molecular weight excluding hydrogens is 178 g/mol. The zero-order valence-corrected chi connectivity index (χ0v) is 9.79. The van der Waals surface area contributed by atoms with Crippen LogP contribution >= 0.6 is 11.3 Å². The molecule has 1 heterocycles. The highest BCUT2D eigenvalue weighted by atomic mass is 32.1. The Kier molecular flexibility index (Phi) is 3.51. The number of rotatable bonds is 4. The predicted molar refractivity (Wildman–Crippen MR) is 60.6 cm³/mol. The first-order valence-corrected chi connectivity index (χ1v) is 5.71. The van der Waals surface area contributed by atoms with Crippen LogP contribution in [0.2, 0.25) is 0 Å². The van der Waals surface area contributed by atoms with Crippen molar-refractivity contribution in [2.45, 2.75) is 33.1 Å². The third-order valence-corrected chi connectivity index (χ3v) is 3.68. The van der Waals surface area contributed by atoms with Crippen LogP contribution in [0.1, 0.15) is 31.2 Å². The predicted octanol–water partition coefficient (Wildman–Crippen LogP) is 2.94. The molecule has 0 aliphatic rings. The van der Waals surface area contributed by atoms with Gasteiger partial charge < -0.3 is 5.32 Å². The normalized spacial score (nSPS) is 12.0. The number of hydrogen-bond donors (Lipinski definition) is 1. The molecule has 0 saturated carbocycles. The molecule has 0 aliphatic heterocycles. The minimum atomic E-state index is 0.272. The fraction of sp³-hybridized carbons (Fsp3) is 0.636. The molecule has 2 heteroatoms. The number of nitrogens with one attached hydrogen (secondary N) is 1. The van der Waals surface area contributed by atoms with E-state index in [1.165, 1.54) is 10.4 Å². The largest absolute Gasteiger partial charge is 0.316 e. The highest BCUT2D eigenvalue weighted by molar-refractivity contribution is 7.10. The van der Waals surface area contributed by atoms with Gasteiger partial charge in [0, 0.05) is 16.8 Å². The Morgan fingerprint density at radius 1 is 1.46 bits per heavy atom. The molecule has 1 aromatic rings. The monoisotopic (exact) mass is 197 g/mol. The van der Waals surface area contributed by atoms with Crippen LogP contribution in [-0.4, -0.2) is 13.1 Å². The maximum atomic E-state index is 3.41. The molecule has 0 fully saturated rings. The van der Waals surface area contributed by atoms with E-state index in [1.54, 1.807) is 0 Å². The van der Waals surface area contributed by atoms with Gasteiger partial charge in [-0.05, 0) is 30.5 Å². The lowest BCUT2D eigenvalue weighted by Gasteiger charge is -2.24. The van der Waals surface area contributed by atoms with E-state index in [1.807, 2.05) is 11.3 Å². The number of aryl methyl sites for hydroxylation is 1. The van der Waals surface area contributed by atoms with Crippen molar-refractivity contribution in [3.05, 3.63) is 21.9 Å². The van der Waals surface area contributed by atoms with E-state index in [0.29, 0.717) is 0 Å². The molecule has 13 heavy (non-hydrogen) atoms. The van der Waals surface area contributed by atoms with Crippen molar-refractivity contribution in [2.24, 2.45) is 0 Å². The Hall–Kier alpha value is -0.340. The molecule has 1 N–H and O–H groups in total. The SMILES string of the molecule is CCNCC(C)(C)c1sccc1C. The summed E-state index contributed by atoms with van der Waals surface area (Å²) in [6.45, 7) is 11.1. The third-order valence-electron chi connectivity index (χ3n) is 2.29. The van der Waals surface area contributed by atoms with Crippen molar-refractivity contribution >= 4 is 11.3 Å². The highest BCUT2D eigenvalue weighted by Crippen LogP contribution is 2.30. The van der Waals surface area contributed by atoms with E-state index < -0.39 is 0 Å². The van der Waals surface area contributed by atoms with E-state index in [4.69, 9.17) is 0 Å². The summed E-state index contributed by atoms with van der Waals surface area (Å²) in [5.74, 6) is 0. The molecule has 0 radical (unpaired) electrons. The van der Waals surface area contributed by atoms with Crippen molar-refractivity contribution in [2.75, 3.05) is 13.1 Å². The topological polar surface area (TPSA) is 12.0 Å². The highest BCUT2D eigenvalue weighted by Gasteiger charge is 2.22. The summed E-state index contributed by atoms with van der Waals surface area (Å²) in [6.07, 6.45) is 0. The van der Waals surface area contributed by atoms with Gasteiger partial charge in [0.25, 0.3) is 0 Å². The summed E-state index contributed by atoms with van der Waals surface area (Å²) >= 11 is 1.87. The quantitative estimate of drug-likeness (QED) is 0.782. The Bertz CT molecular complexity index is 263. The van der Waals surface area contributed by atoms with E-state index in [2.05, 4.69) is 44.5 Å². The van der Waals surface area contributed by atoms with Crippen molar-refractivity contribution in [1.82, 2.24) is 5.32 Å². The fourth-order valence-electron chi connectivity index (χ4n) is 1.58. The Labute approximate surface area is 85.2 Å². The van der Waals surface area contributed by atoms with E-state index in [0.717, 1.165) is 13.1 Å². The molecule has 0 aromatic carbocycles. The van der Waals surface area contributed by atoms with Gasteiger partial charge in [0.2, 0.25) is 0 Å². The minimum Gasteiger partial charge on any atom is -0.316 e.